The van der Waals surface area contributed by atoms with E-state index in [9.17, 15) is 0 Å². The molecule has 1 aromatic heterocycles. The van der Waals surface area contributed by atoms with E-state index in [0.29, 0.717) is 36.8 Å². The van der Waals surface area contributed by atoms with Crippen molar-refractivity contribution in [1.29, 1.82) is 0 Å². The normalized spacial score (nSPS) is 22.4. The first-order chi connectivity index (χ1) is 9.31. The van der Waals surface area contributed by atoms with Crippen LogP contribution < -0.4 is 9.64 Å². The molecular formula is C12H14ClN3O3. The number of rotatable bonds is 3. The van der Waals surface area contributed by atoms with Crippen LogP contribution in [0.5, 0.6) is 5.88 Å². The molecule has 3 heterocycles. The first-order valence-corrected chi connectivity index (χ1v) is 6.51. The maximum absolute atomic E-state index is 6.02. The fourth-order valence-corrected chi connectivity index (χ4v) is 2.10. The summed E-state index contributed by atoms with van der Waals surface area (Å²) in [7, 11) is 0. The maximum Gasteiger partial charge on any atom is 0.230 e. The summed E-state index contributed by atoms with van der Waals surface area (Å²) in [6, 6.07) is 1.61. The fourth-order valence-electron chi connectivity index (χ4n) is 1.93. The zero-order valence-corrected chi connectivity index (χ0v) is 11.0. The molecule has 2 aliphatic heterocycles. The molecule has 1 fully saturated rings. The predicted molar refractivity (Wildman–Crippen MR) is 69.6 cm³/mol. The van der Waals surface area contributed by atoms with Crippen LogP contribution in [0.25, 0.3) is 0 Å². The van der Waals surface area contributed by atoms with Gasteiger partial charge in [-0.2, -0.15) is 4.98 Å². The molecule has 0 unspecified atom stereocenters. The van der Waals surface area contributed by atoms with Gasteiger partial charge < -0.3 is 19.1 Å². The highest BCUT2D eigenvalue weighted by molar-refractivity contribution is 6.29. The summed E-state index contributed by atoms with van der Waals surface area (Å²) < 4.78 is 16.1. The Labute approximate surface area is 115 Å². The summed E-state index contributed by atoms with van der Waals surface area (Å²) >= 11 is 6.02. The lowest BCUT2D eigenvalue weighted by Gasteiger charge is -2.27. The molecule has 0 saturated carbocycles. The summed E-state index contributed by atoms with van der Waals surface area (Å²) in [5.41, 5.74) is 0. The van der Waals surface area contributed by atoms with Gasteiger partial charge in [0.2, 0.25) is 11.8 Å². The van der Waals surface area contributed by atoms with Crippen LogP contribution in [0.15, 0.2) is 18.4 Å². The van der Waals surface area contributed by atoms with Crippen molar-refractivity contribution in [3.63, 3.8) is 0 Å². The molecule has 102 valence electrons. The first-order valence-electron chi connectivity index (χ1n) is 6.13. The fraction of sp³-hybridized carbons (Fsp3) is 0.500. The van der Waals surface area contributed by atoms with Gasteiger partial charge in [0, 0.05) is 19.2 Å². The van der Waals surface area contributed by atoms with E-state index < -0.39 is 0 Å². The number of anilines is 1. The van der Waals surface area contributed by atoms with Crippen molar-refractivity contribution < 1.29 is 14.2 Å². The highest BCUT2D eigenvalue weighted by Crippen LogP contribution is 2.21. The van der Waals surface area contributed by atoms with Gasteiger partial charge in [-0.15, -0.1) is 0 Å². The van der Waals surface area contributed by atoms with Crippen LogP contribution in [0.3, 0.4) is 0 Å². The topological polar surface area (TPSA) is 56.7 Å². The Balaban J connectivity index is 1.76. The summed E-state index contributed by atoms with van der Waals surface area (Å²) in [6.07, 6.45) is 3.34. The molecule has 1 atom stereocenters. The Kier molecular flexibility index (Phi) is 3.70. The number of aromatic nitrogens is 2. The van der Waals surface area contributed by atoms with Gasteiger partial charge in [0.15, 0.2) is 6.10 Å². The van der Waals surface area contributed by atoms with E-state index in [2.05, 4.69) is 9.97 Å². The first kappa shape index (κ1) is 12.5. The van der Waals surface area contributed by atoms with E-state index >= 15 is 0 Å². The third-order valence-corrected chi connectivity index (χ3v) is 3.07. The van der Waals surface area contributed by atoms with Gasteiger partial charge in [-0.25, -0.2) is 4.98 Å². The number of hydrogen-bond acceptors (Lipinski definition) is 6. The van der Waals surface area contributed by atoms with Crippen molar-refractivity contribution in [3.8, 4) is 5.88 Å². The van der Waals surface area contributed by atoms with Crippen LogP contribution in [0.4, 0.5) is 5.95 Å². The second-order valence-electron chi connectivity index (χ2n) is 4.25. The molecule has 3 rings (SSSR count). The smallest absolute Gasteiger partial charge is 0.230 e. The van der Waals surface area contributed by atoms with Crippen LogP contribution >= 0.6 is 11.6 Å². The summed E-state index contributed by atoms with van der Waals surface area (Å²) in [5.74, 6) is 1.04. The number of ether oxygens (including phenoxy) is 3. The molecule has 0 N–H and O–H groups in total. The van der Waals surface area contributed by atoms with Crippen LogP contribution in [-0.2, 0) is 9.47 Å². The minimum atomic E-state index is -0.122. The monoisotopic (exact) mass is 283 g/mol. The SMILES string of the molecule is Clc1cc(O[C@@H]2C=COC2)nc(N2CCOCC2)n1. The minimum Gasteiger partial charge on any atom is -0.497 e. The predicted octanol–water partition coefficient (Wildman–Crippen LogP) is 1.26. The summed E-state index contributed by atoms with van der Waals surface area (Å²) in [5, 5.41) is 0.370. The van der Waals surface area contributed by atoms with Crippen LogP contribution in [0, 0.1) is 0 Å². The molecular weight excluding hydrogens is 270 g/mol. The zero-order valence-electron chi connectivity index (χ0n) is 10.3. The lowest BCUT2D eigenvalue weighted by Crippen LogP contribution is -2.37. The van der Waals surface area contributed by atoms with Crippen molar-refractivity contribution in [2.24, 2.45) is 0 Å². The van der Waals surface area contributed by atoms with E-state index in [1.165, 1.54) is 0 Å². The minimum absolute atomic E-state index is 0.122. The van der Waals surface area contributed by atoms with Gasteiger partial charge in [0.25, 0.3) is 0 Å². The number of hydrogen-bond donors (Lipinski definition) is 0. The van der Waals surface area contributed by atoms with Crippen LogP contribution in [-0.4, -0.2) is 49.0 Å². The average molecular weight is 284 g/mol. The van der Waals surface area contributed by atoms with Gasteiger partial charge in [0.05, 0.1) is 19.5 Å². The maximum atomic E-state index is 6.02. The molecule has 0 aliphatic carbocycles. The lowest BCUT2D eigenvalue weighted by atomic mass is 10.4. The molecule has 0 radical (unpaired) electrons. The molecule has 2 aliphatic rings. The highest BCUT2D eigenvalue weighted by Gasteiger charge is 2.18. The standard InChI is InChI=1S/C12H14ClN3O3/c13-10-7-11(19-9-1-4-18-8-9)15-12(14-10)16-2-5-17-6-3-16/h1,4,7,9H,2-3,5-6,8H2/t9-/m1/s1. The summed E-state index contributed by atoms with van der Waals surface area (Å²) in [6.45, 7) is 3.35. The largest absolute Gasteiger partial charge is 0.497 e. The van der Waals surface area contributed by atoms with Crippen molar-refractivity contribution in [2.75, 3.05) is 37.8 Å². The molecule has 7 heteroatoms. The van der Waals surface area contributed by atoms with Crippen molar-refractivity contribution >= 4 is 17.5 Å². The van der Waals surface area contributed by atoms with E-state index in [-0.39, 0.29) is 6.10 Å². The number of morpholine rings is 1. The molecule has 19 heavy (non-hydrogen) atoms. The van der Waals surface area contributed by atoms with Gasteiger partial charge >= 0.3 is 0 Å². The molecule has 0 bridgehead atoms. The molecule has 6 nitrogen and oxygen atoms in total. The lowest BCUT2D eigenvalue weighted by molar-refractivity contribution is 0.121. The third kappa shape index (κ3) is 3.08. The van der Waals surface area contributed by atoms with Crippen LogP contribution in [0.1, 0.15) is 0 Å². The van der Waals surface area contributed by atoms with E-state index in [4.69, 9.17) is 25.8 Å². The third-order valence-electron chi connectivity index (χ3n) is 2.88. The van der Waals surface area contributed by atoms with Gasteiger partial charge in [-0.1, -0.05) is 11.6 Å². The highest BCUT2D eigenvalue weighted by atomic mass is 35.5. The molecule has 1 aromatic rings. The molecule has 0 spiro atoms. The Morgan fingerprint density at radius 2 is 2.16 bits per heavy atom. The molecule has 0 aromatic carbocycles. The van der Waals surface area contributed by atoms with Crippen molar-refractivity contribution in [3.05, 3.63) is 23.6 Å². The Hall–Kier alpha value is -1.53. The van der Waals surface area contributed by atoms with Crippen LogP contribution in [0.2, 0.25) is 5.15 Å². The second-order valence-corrected chi connectivity index (χ2v) is 4.63. The van der Waals surface area contributed by atoms with Gasteiger partial charge in [-0.3, -0.25) is 0 Å². The average Bonchev–Trinajstić information content (AvgIpc) is 2.92. The van der Waals surface area contributed by atoms with E-state index in [1.807, 2.05) is 11.0 Å². The molecule has 1 saturated heterocycles. The Bertz CT molecular complexity index is 477. The Morgan fingerprint density at radius 3 is 2.89 bits per heavy atom. The van der Waals surface area contributed by atoms with Gasteiger partial charge in [0.1, 0.15) is 11.8 Å². The van der Waals surface area contributed by atoms with E-state index in [0.717, 1.165) is 13.1 Å². The summed E-state index contributed by atoms with van der Waals surface area (Å²) in [4.78, 5) is 10.6. The Morgan fingerprint density at radius 1 is 1.32 bits per heavy atom. The second kappa shape index (κ2) is 5.63. The quantitative estimate of drug-likeness (QED) is 0.779. The molecule has 0 amide bonds. The number of nitrogens with zero attached hydrogens (tertiary/aromatic N) is 3. The number of halogens is 1. The van der Waals surface area contributed by atoms with E-state index in [1.54, 1.807) is 12.3 Å². The van der Waals surface area contributed by atoms with Gasteiger partial charge in [-0.05, 0) is 6.08 Å². The zero-order chi connectivity index (χ0) is 13.1. The van der Waals surface area contributed by atoms with Crippen molar-refractivity contribution in [2.45, 2.75) is 6.10 Å². The van der Waals surface area contributed by atoms with Crippen molar-refractivity contribution in [1.82, 2.24) is 9.97 Å².